The molecule has 0 saturated carbocycles. The first-order valence-corrected chi connectivity index (χ1v) is 6.06. The summed E-state index contributed by atoms with van der Waals surface area (Å²) in [6.45, 7) is 2.01. The average Bonchev–Trinajstić information content (AvgIpc) is 2.81. The molecule has 1 unspecified atom stereocenters. The number of fused-ring (bicyclic) bond motifs is 1. The summed E-state index contributed by atoms with van der Waals surface area (Å²) >= 11 is 0. The van der Waals surface area contributed by atoms with Gasteiger partial charge in [-0.05, 0) is 31.2 Å². The summed E-state index contributed by atoms with van der Waals surface area (Å²) in [6, 6.07) is 11.7. The smallest absolute Gasteiger partial charge is 0.296 e. The fourth-order valence-electron chi connectivity index (χ4n) is 1.89. The zero-order chi connectivity index (χ0) is 13.2. The molecule has 5 heteroatoms. The summed E-state index contributed by atoms with van der Waals surface area (Å²) in [5.74, 6) is 0. The van der Waals surface area contributed by atoms with Crippen LogP contribution in [0.5, 0.6) is 0 Å². The number of anilines is 2. The van der Waals surface area contributed by atoms with E-state index in [2.05, 4.69) is 15.3 Å². The van der Waals surface area contributed by atoms with E-state index < -0.39 is 0 Å². The molecule has 0 fully saturated rings. The summed E-state index contributed by atoms with van der Waals surface area (Å²) in [5, 5.41) is 3.19. The summed E-state index contributed by atoms with van der Waals surface area (Å²) < 4.78 is 5.61. The van der Waals surface area contributed by atoms with Crippen LogP contribution in [0.25, 0.3) is 11.1 Å². The predicted molar refractivity (Wildman–Crippen MR) is 74.7 cm³/mol. The topological polar surface area (TPSA) is 77.0 Å². The molecule has 3 aromatic rings. The Labute approximate surface area is 110 Å². The van der Waals surface area contributed by atoms with Crippen LogP contribution >= 0.6 is 0 Å². The Morgan fingerprint density at radius 1 is 1.26 bits per heavy atom. The maximum absolute atomic E-state index is 5.71. The first-order chi connectivity index (χ1) is 9.22. The summed E-state index contributed by atoms with van der Waals surface area (Å²) in [5.41, 5.74) is 8.76. The lowest BCUT2D eigenvalue weighted by Gasteiger charge is -2.10. The largest absolute Gasteiger partial charge is 0.423 e. The van der Waals surface area contributed by atoms with E-state index >= 15 is 0 Å². The van der Waals surface area contributed by atoms with Gasteiger partial charge in [-0.15, -0.1) is 0 Å². The van der Waals surface area contributed by atoms with Crippen molar-refractivity contribution in [2.75, 3.05) is 11.1 Å². The van der Waals surface area contributed by atoms with Crippen molar-refractivity contribution in [2.24, 2.45) is 0 Å². The average molecular weight is 254 g/mol. The van der Waals surface area contributed by atoms with Crippen LogP contribution in [-0.4, -0.2) is 9.97 Å². The van der Waals surface area contributed by atoms with Crippen molar-refractivity contribution in [1.29, 1.82) is 0 Å². The second kappa shape index (κ2) is 4.61. The fourth-order valence-corrected chi connectivity index (χ4v) is 1.89. The van der Waals surface area contributed by atoms with E-state index in [1.165, 1.54) is 0 Å². The predicted octanol–water partition coefficient (Wildman–Crippen LogP) is 2.98. The van der Waals surface area contributed by atoms with E-state index in [1.807, 2.05) is 31.2 Å². The molecular formula is C14H14N4O. The van der Waals surface area contributed by atoms with Crippen LogP contribution in [0, 0.1) is 0 Å². The minimum atomic E-state index is 0.0200. The Morgan fingerprint density at radius 3 is 2.95 bits per heavy atom. The Balaban J connectivity index is 1.85. The van der Waals surface area contributed by atoms with Crippen molar-refractivity contribution < 1.29 is 4.42 Å². The lowest BCUT2D eigenvalue weighted by atomic mass is 10.2. The van der Waals surface area contributed by atoms with Gasteiger partial charge in [0.05, 0.1) is 11.7 Å². The van der Waals surface area contributed by atoms with Crippen molar-refractivity contribution in [2.45, 2.75) is 13.0 Å². The van der Waals surface area contributed by atoms with Gasteiger partial charge in [0.1, 0.15) is 5.52 Å². The van der Waals surface area contributed by atoms with E-state index in [-0.39, 0.29) is 6.04 Å². The van der Waals surface area contributed by atoms with Gasteiger partial charge in [-0.2, -0.15) is 4.98 Å². The number of rotatable bonds is 3. The van der Waals surface area contributed by atoms with Crippen LogP contribution in [0.15, 0.2) is 47.0 Å². The molecule has 1 atom stereocenters. The van der Waals surface area contributed by atoms with Crippen LogP contribution in [0.4, 0.5) is 11.7 Å². The van der Waals surface area contributed by atoms with Crippen LogP contribution < -0.4 is 11.1 Å². The second-order valence-electron chi connectivity index (χ2n) is 4.37. The number of nitrogens with zero attached hydrogens (tertiary/aromatic N) is 2. The summed E-state index contributed by atoms with van der Waals surface area (Å²) in [4.78, 5) is 8.65. The highest BCUT2D eigenvalue weighted by atomic mass is 16.4. The standard InChI is InChI=1S/C14H14N4O/c1-9(11-4-2-3-7-16-11)17-14-18-12-6-5-10(15)8-13(12)19-14/h2-9H,15H2,1H3,(H,17,18). The van der Waals surface area contributed by atoms with E-state index in [9.17, 15) is 0 Å². The van der Waals surface area contributed by atoms with E-state index in [4.69, 9.17) is 10.2 Å². The third-order valence-electron chi connectivity index (χ3n) is 2.88. The highest BCUT2D eigenvalue weighted by Crippen LogP contribution is 2.23. The number of pyridine rings is 1. The molecule has 3 N–H and O–H groups in total. The van der Waals surface area contributed by atoms with Gasteiger partial charge in [0.25, 0.3) is 6.01 Å². The molecule has 0 aliphatic rings. The first kappa shape index (κ1) is 11.5. The van der Waals surface area contributed by atoms with Crippen LogP contribution in [0.1, 0.15) is 18.7 Å². The molecule has 1 aromatic carbocycles. The summed E-state index contributed by atoms with van der Waals surface area (Å²) in [7, 11) is 0. The van der Waals surface area contributed by atoms with Crippen molar-refractivity contribution >= 4 is 22.8 Å². The van der Waals surface area contributed by atoms with Crippen molar-refractivity contribution in [3.63, 3.8) is 0 Å². The van der Waals surface area contributed by atoms with Crippen molar-refractivity contribution in [3.8, 4) is 0 Å². The zero-order valence-electron chi connectivity index (χ0n) is 10.5. The lowest BCUT2D eigenvalue weighted by Crippen LogP contribution is -2.08. The van der Waals surface area contributed by atoms with Gasteiger partial charge in [-0.25, -0.2) is 0 Å². The zero-order valence-corrected chi connectivity index (χ0v) is 10.5. The number of nitrogens with one attached hydrogen (secondary N) is 1. The molecule has 0 saturated heterocycles. The molecule has 0 amide bonds. The maximum Gasteiger partial charge on any atom is 0.296 e. The fraction of sp³-hybridized carbons (Fsp3) is 0.143. The quantitative estimate of drug-likeness (QED) is 0.702. The molecular weight excluding hydrogens is 240 g/mol. The lowest BCUT2D eigenvalue weighted by molar-refractivity contribution is 0.602. The normalized spacial score (nSPS) is 12.5. The molecule has 2 heterocycles. The number of hydrogen-bond acceptors (Lipinski definition) is 5. The van der Waals surface area contributed by atoms with Gasteiger partial charge in [-0.1, -0.05) is 6.07 Å². The van der Waals surface area contributed by atoms with Gasteiger partial charge < -0.3 is 15.5 Å². The molecule has 5 nitrogen and oxygen atoms in total. The molecule has 0 radical (unpaired) electrons. The third-order valence-corrected chi connectivity index (χ3v) is 2.88. The van der Waals surface area contributed by atoms with Crippen LogP contribution in [0.2, 0.25) is 0 Å². The van der Waals surface area contributed by atoms with Crippen LogP contribution in [-0.2, 0) is 0 Å². The van der Waals surface area contributed by atoms with E-state index in [0.717, 1.165) is 11.2 Å². The van der Waals surface area contributed by atoms with Gasteiger partial charge in [-0.3, -0.25) is 4.98 Å². The van der Waals surface area contributed by atoms with Crippen molar-refractivity contribution in [3.05, 3.63) is 48.3 Å². The molecule has 96 valence electrons. The van der Waals surface area contributed by atoms with E-state index in [0.29, 0.717) is 17.3 Å². The Bertz CT molecular complexity index is 693. The second-order valence-corrected chi connectivity index (χ2v) is 4.37. The summed E-state index contributed by atoms with van der Waals surface area (Å²) in [6.07, 6.45) is 1.76. The third kappa shape index (κ3) is 2.35. The molecule has 19 heavy (non-hydrogen) atoms. The highest BCUT2D eigenvalue weighted by Gasteiger charge is 2.11. The molecule has 0 bridgehead atoms. The number of hydrogen-bond donors (Lipinski definition) is 2. The number of nitrogens with two attached hydrogens (primary N) is 1. The molecule has 0 spiro atoms. The number of nitrogen functional groups attached to an aromatic ring is 1. The van der Waals surface area contributed by atoms with Crippen LogP contribution in [0.3, 0.4) is 0 Å². The highest BCUT2D eigenvalue weighted by molar-refractivity contribution is 5.78. The van der Waals surface area contributed by atoms with Gasteiger partial charge in [0.15, 0.2) is 5.58 Å². The first-order valence-electron chi connectivity index (χ1n) is 6.06. The maximum atomic E-state index is 5.71. The van der Waals surface area contributed by atoms with E-state index in [1.54, 1.807) is 18.3 Å². The molecule has 0 aliphatic heterocycles. The minimum absolute atomic E-state index is 0.0200. The van der Waals surface area contributed by atoms with Gasteiger partial charge in [0, 0.05) is 18.0 Å². The number of benzene rings is 1. The van der Waals surface area contributed by atoms with Crippen molar-refractivity contribution in [1.82, 2.24) is 9.97 Å². The molecule has 0 aliphatic carbocycles. The molecule has 3 rings (SSSR count). The SMILES string of the molecule is CC(Nc1nc2ccc(N)cc2o1)c1ccccn1. The van der Waals surface area contributed by atoms with Gasteiger partial charge in [0.2, 0.25) is 0 Å². The number of oxazole rings is 1. The minimum Gasteiger partial charge on any atom is -0.423 e. The van der Waals surface area contributed by atoms with Gasteiger partial charge >= 0.3 is 0 Å². The monoisotopic (exact) mass is 254 g/mol. The Kier molecular flexibility index (Phi) is 2.79. The Morgan fingerprint density at radius 2 is 2.16 bits per heavy atom. The number of aromatic nitrogens is 2. The Hall–Kier alpha value is -2.56. The molecule has 2 aromatic heterocycles.